The summed E-state index contributed by atoms with van der Waals surface area (Å²) in [6, 6.07) is 0. The van der Waals surface area contributed by atoms with E-state index in [1.54, 1.807) is 7.11 Å². The van der Waals surface area contributed by atoms with Crippen molar-refractivity contribution < 1.29 is 14.3 Å². The minimum atomic E-state index is -0.199. The van der Waals surface area contributed by atoms with Crippen LogP contribution in [0.25, 0.3) is 0 Å². The summed E-state index contributed by atoms with van der Waals surface area (Å²) in [5.41, 5.74) is -0.199. The molecule has 0 bridgehead atoms. The molecule has 84 valence electrons. The van der Waals surface area contributed by atoms with Crippen LogP contribution in [0, 0.1) is 5.92 Å². The zero-order valence-electron chi connectivity index (χ0n) is 9.72. The molecule has 1 atom stereocenters. The molecule has 1 N–H and O–H groups in total. The molecule has 4 heteroatoms. The Morgan fingerprint density at radius 3 is 2.43 bits per heavy atom. The van der Waals surface area contributed by atoms with Gasteiger partial charge in [0, 0.05) is 20.2 Å². The lowest BCUT2D eigenvalue weighted by atomic mass is 10.1. The number of carbonyl (C=O) groups excluding carboxylic acids is 1. The minimum Gasteiger partial charge on any atom is -0.469 e. The van der Waals surface area contributed by atoms with Gasteiger partial charge in [0.2, 0.25) is 0 Å². The van der Waals surface area contributed by atoms with Crippen LogP contribution in [0.1, 0.15) is 20.8 Å². The highest BCUT2D eigenvalue weighted by molar-refractivity contribution is 5.71. The smallest absolute Gasteiger partial charge is 0.309 e. The normalized spacial score (nSPS) is 13.8. The number of carbonyl (C=O) groups is 1. The molecule has 0 aromatic rings. The summed E-state index contributed by atoms with van der Waals surface area (Å²) in [6.45, 7) is 7.13. The second-order valence-corrected chi connectivity index (χ2v) is 4.02. The van der Waals surface area contributed by atoms with Crippen LogP contribution in [0.2, 0.25) is 0 Å². The minimum absolute atomic E-state index is 0.118. The Hall–Kier alpha value is -0.610. The van der Waals surface area contributed by atoms with Crippen LogP contribution < -0.4 is 5.32 Å². The maximum absolute atomic E-state index is 11.0. The van der Waals surface area contributed by atoms with E-state index in [4.69, 9.17) is 4.74 Å². The summed E-state index contributed by atoms with van der Waals surface area (Å²) in [7, 11) is 3.07. The summed E-state index contributed by atoms with van der Waals surface area (Å²) < 4.78 is 9.84. The zero-order chi connectivity index (χ0) is 11.2. The van der Waals surface area contributed by atoms with Gasteiger partial charge in [0.25, 0.3) is 0 Å². The van der Waals surface area contributed by atoms with Crippen LogP contribution in [-0.2, 0) is 14.3 Å². The predicted molar refractivity (Wildman–Crippen MR) is 55.1 cm³/mol. The first-order valence-corrected chi connectivity index (χ1v) is 4.76. The van der Waals surface area contributed by atoms with E-state index in [9.17, 15) is 4.79 Å². The number of ether oxygens (including phenoxy) is 2. The van der Waals surface area contributed by atoms with Gasteiger partial charge >= 0.3 is 5.97 Å². The van der Waals surface area contributed by atoms with Gasteiger partial charge in [0.1, 0.15) is 0 Å². The molecule has 0 heterocycles. The lowest BCUT2D eigenvalue weighted by Crippen LogP contribution is -2.39. The quantitative estimate of drug-likeness (QED) is 0.649. The Morgan fingerprint density at radius 1 is 1.43 bits per heavy atom. The molecule has 0 aliphatic carbocycles. The number of rotatable bonds is 6. The maximum Gasteiger partial charge on any atom is 0.309 e. The Bertz CT molecular complexity index is 180. The molecule has 0 aliphatic rings. The van der Waals surface area contributed by atoms with Gasteiger partial charge < -0.3 is 14.8 Å². The van der Waals surface area contributed by atoms with E-state index in [1.165, 1.54) is 7.11 Å². The van der Waals surface area contributed by atoms with Crippen molar-refractivity contribution in [3.8, 4) is 0 Å². The van der Waals surface area contributed by atoms with Crippen molar-refractivity contribution >= 4 is 5.97 Å². The van der Waals surface area contributed by atoms with Gasteiger partial charge in [-0.05, 0) is 13.8 Å². The fraction of sp³-hybridized carbons (Fsp3) is 0.900. The van der Waals surface area contributed by atoms with Gasteiger partial charge in [-0.15, -0.1) is 0 Å². The molecule has 4 nitrogen and oxygen atoms in total. The van der Waals surface area contributed by atoms with Crippen molar-refractivity contribution in [2.24, 2.45) is 5.92 Å². The van der Waals surface area contributed by atoms with Gasteiger partial charge in [-0.3, -0.25) is 4.79 Å². The molecule has 14 heavy (non-hydrogen) atoms. The SMILES string of the molecule is COC(=O)C(C)CNCC(C)(C)OC. The lowest BCUT2D eigenvalue weighted by Gasteiger charge is -2.23. The number of esters is 1. The summed E-state index contributed by atoms with van der Waals surface area (Å²) in [4.78, 5) is 11.0. The molecule has 0 amide bonds. The molecule has 1 unspecified atom stereocenters. The van der Waals surface area contributed by atoms with Gasteiger partial charge in [0.15, 0.2) is 0 Å². The number of hydrogen-bond acceptors (Lipinski definition) is 4. The zero-order valence-corrected chi connectivity index (χ0v) is 9.72. The number of hydrogen-bond donors (Lipinski definition) is 1. The van der Waals surface area contributed by atoms with Crippen LogP contribution in [0.15, 0.2) is 0 Å². The van der Waals surface area contributed by atoms with Crippen molar-refractivity contribution in [1.29, 1.82) is 0 Å². The van der Waals surface area contributed by atoms with Crippen LogP contribution >= 0.6 is 0 Å². The average Bonchev–Trinajstić information content (AvgIpc) is 2.16. The number of methoxy groups -OCH3 is 2. The molecule has 0 radical (unpaired) electrons. The molecular weight excluding hydrogens is 182 g/mol. The van der Waals surface area contributed by atoms with E-state index < -0.39 is 0 Å². The molecule has 0 saturated heterocycles. The average molecular weight is 203 g/mol. The van der Waals surface area contributed by atoms with Crippen molar-refractivity contribution in [2.75, 3.05) is 27.3 Å². The van der Waals surface area contributed by atoms with E-state index in [0.29, 0.717) is 13.1 Å². The van der Waals surface area contributed by atoms with Crippen molar-refractivity contribution in [2.45, 2.75) is 26.4 Å². The second-order valence-electron chi connectivity index (χ2n) is 4.02. The molecule has 0 rings (SSSR count). The Kier molecular flexibility index (Phi) is 5.72. The van der Waals surface area contributed by atoms with Gasteiger partial charge in [-0.1, -0.05) is 6.92 Å². The fourth-order valence-corrected chi connectivity index (χ4v) is 0.946. The Balaban J connectivity index is 3.69. The lowest BCUT2D eigenvalue weighted by molar-refractivity contribution is -0.144. The molecule has 0 fully saturated rings. The van der Waals surface area contributed by atoms with Crippen LogP contribution in [0.3, 0.4) is 0 Å². The third kappa shape index (κ3) is 5.19. The summed E-state index contributed by atoms with van der Waals surface area (Å²) >= 11 is 0. The van der Waals surface area contributed by atoms with E-state index in [-0.39, 0.29) is 17.5 Å². The Labute approximate surface area is 86.0 Å². The summed E-state index contributed by atoms with van der Waals surface area (Å²) in [6.07, 6.45) is 0. The van der Waals surface area contributed by atoms with Gasteiger partial charge in [-0.25, -0.2) is 0 Å². The first-order chi connectivity index (χ1) is 6.43. The topological polar surface area (TPSA) is 47.6 Å². The highest BCUT2D eigenvalue weighted by Gasteiger charge is 2.17. The van der Waals surface area contributed by atoms with Gasteiger partial charge in [0.05, 0.1) is 18.6 Å². The van der Waals surface area contributed by atoms with E-state index >= 15 is 0 Å². The van der Waals surface area contributed by atoms with Crippen LogP contribution in [0.5, 0.6) is 0 Å². The monoisotopic (exact) mass is 203 g/mol. The van der Waals surface area contributed by atoms with Crippen molar-refractivity contribution in [1.82, 2.24) is 5.32 Å². The first kappa shape index (κ1) is 13.4. The molecule has 0 aliphatic heterocycles. The molecule has 0 aromatic heterocycles. The standard InChI is InChI=1S/C10H21NO3/c1-8(9(12)13-4)6-11-7-10(2,3)14-5/h8,11H,6-7H2,1-5H3. The van der Waals surface area contributed by atoms with Crippen LogP contribution in [0.4, 0.5) is 0 Å². The van der Waals surface area contributed by atoms with E-state index in [2.05, 4.69) is 10.1 Å². The predicted octanol–water partition coefficient (Wildman–Crippen LogP) is 0.810. The number of nitrogens with one attached hydrogen (secondary N) is 1. The second kappa shape index (κ2) is 5.98. The van der Waals surface area contributed by atoms with E-state index in [0.717, 1.165) is 0 Å². The van der Waals surface area contributed by atoms with Crippen LogP contribution in [-0.4, -0.2) is 38.9 Å². The third-order valence-electron chi connectivity index (χ3n) is 2.16. The molecular formula is C10H21NO3. The highest BCUT2D eigenvalue weighted by atomic mass is 16.5. The summed E-state index contributed by atoms with van der Waals surface area (Å²) in [5, 5.41) is 3.17. The van der Waals surface area contributed by atoms with E-state index in [1.807, 2.05) is 20.8 Å². The largest absolute Gasteiger partial charge is 0.469 e. The fourth-order valence-electron chi connectivity index (χ4n) is 0.946. The van der Waals surface area contributed by atoms with Crippen molar-refractivity contribution in [3.63, 3.8) is 0 Å². The molecule has 0 spiro atoms. The molecule has 0 aromatic carbocycles. The first-order valence-electron chi connectivity index (χ1n) is 4.76. The van der Waals surface area contributed by atoms with Gasteiger partial charge in [-0.2, -0.15) is 0 Å². The van der Waals surface area contributed by atoms with Crippen molar-refractivity contribution in [3.05, 3.63) is 0 Å². The third-order valence-corrected chi connectivity index (χ3v) is 2.16. The maximum atomic E-state index is 11.0. The highest BCUT2D eigenvalue weighted by Crippen LogP contribution is 2.05. The Morgan fingerprint density at radius 2 is 2.00 bits per heavy atom. The summed E-state index contributed by atoms with van der Waals surface area (Å²) in [5.74, 6) is -0.305. The molecule has 0 saturated carbocycles.